The second kappa shape index (κ2) is 11.3. The van der Waals surface area contributed by atoms with E-state index in [9.17, 15) is 55.6 Å². The average molecular weight is 595 g/mol. The highest BCUT2D eigenvalue weighted by Crippen LogP contribution is 2.31. The molecule has 2 fully saturated rings. The van der Waals surface area contributed by atoms with Crippen LogP contribution in [0.2, 0.25) is 0 Å². The van der Waals surface area contributed by atoms with E-state index in [2.05, 4.69) is 13.1 Å². The van der Waals surface area contributed by atoms with Crippen LogP contribution in [0.25, 0.3) is 0 Å². The van der Waals surface area contributed by atoms with E-state index in [1.54, 1.807) is 0 Å². The predicted octanol–water partition coefficient (Wildman–Crippen LogP) is -6.25. The van der Waals surface area contributed by atoms with Gasteiger partial charge in [-0.3, -0.25) is 13.7 Å². The fourth-order valence-corrected chi connectivity index (χ4v) is 4.62. The maximum Gasteiger partial charge on any atom is 0.397 e. The molecule has 9 N–H and O–H groups in total. The number of ether oxygens (including phenoxy) is 3. The van der Waals surface area contributed by atoms with Crippen LogP contribution in [0.1, 0.15) is 0 Å². The molecule has 21 nitrogen and oxygen atoms in total. The van der Waals surface area contributed by atoms with Crippen LogP contribution >= 0.6 is 0 Å². The Morgan fingerprint density at radius 1 is 0.833 bits per heavy atom. The summed E-state index contributed by atoms with van der Waals surface area (Å²) in [5.74, 6) is -1.97. The molecule has 212 valence electrons. The molecule has 2 aliphatic heterocycles. The first kappa shape index (κ1) is 31.0. The molecule has 2 saturated heterocycles. The summed E-state index contributed by atoms with van der Waals surface area (Å²) in [5.41, 5.74) is 0. The molecule has 0 saturated carbocycles. The fourth-order valence-electron chi connectivity index (χ4n) is 3.23. The molecule has 0 bridgehead atoms. The average Bonchev–Trinajstić information content (AvgIpc) is 2.68. The summed E-state index contributed by atoms with van der Waals surface area (Å²) < 4.78 is 117. The van der Waals surface area contributed by atoms with Gasteiger partial charge in [0.05, 0.1) is 6.61 Å². The highest BCUT2D eigenvalue weighted by molar-refractivity contribution is 7.83. The van der Waals surface area contributed by atoms with Gasteiger partial charge in [0.1, 0.15) is 36.6 Å². The van der Waals surface area contributed by atoms with Crippen molar-refractivity contribution in [2.75, 3.05) is 6.61 Å². The Hall–Kier alpha value is -1.20. The molecule has 0 aromatic rings. The number of carboxylic acids is 1. The van der Waals surface area contributed by atoms with Crippen molar-refractivity contribution in [2.45, 2.75) is 61.3 Å². The number of carbonyl (C=O) groups is 1. The van der Waals surface area contributed by atoms with Gasteiger partial charge in [-0.1, -0.05) is 0 Å². The number of carboxylic acid groups (broad SMARTS) is 1. The molecule has 0 amide bonds. The van der Waals surface area contributed by atoms with Crippen LogP contribution in [0.3, 0.4) is 0 Å². The van der Waals surface area contributed by atoms with Crippen LogP contribution in [0.15, 0.2) is 0 Å². The summed E-state index contributed by atoms with van der Waals surface area (Å²) in [6.45, 7) is -1.24. The SMILES string of the molecule is O=C(O)C1OC(O)C(OS(=O)(=O)O)C(O)C1OC1OC(COS(=O)(=O)O)C(O)C(O)C1NS(=O)(=O)O. The minimum Gasteiger partial charge on any atom is -0.479 e. The van der Waals surface area contributed by atoms with Crippen LogP contribution in [0.4, 0.5) is 0 Å². The zero-order chi connectivity index (χ0) is 27.8. The lowest BCUT2D eigenvalue weighted by Gasteiger charge is -2.46. The summed E-state index contributed by atoms with van der Waals surface area (Å²) in [6, 6.07) is -2.23. The van der Waals surface area contributed by atoms with Gasteiger partial charge in [0.15, 0.2) is 24.8 Å². The lowest BCUT2D eigenvalue weighted by molar-refractivity contribution is -0.331. The minimum absolute atomic E-state index is 1.24. The highest BCUT2D eigenvalue weighted by Gasteiger charge is 2.54. The molecule has 2 aliphatic rings. The second-order valence-electron chi connectivity index (χ2n) is 7.22. The molecule has 0 aromatic carbocycles. The molecule has 0 spiro atoms. The largest absolute Gasteiger partial charge is 0.479 e. The Morgan fingerprint density at radius 2 is 1.42 bits per heavy atom. The number of rotatable bonds is 10. The van der Waals surface area contributed by atoms with Gasteiger partial charge in [0, 0.05) is 0 Å². The predicted molar refractivity (Wildman–Crippen MR) is 102 cm³/mol. The lowest BCUT2D eigenvalue weighted by Crippen LogP contribution is -2.68. The minimum atomic E-state index is -5.39. The van der Waals surface area contributed by atoms with Crippen molar-refractivity contribution in [1.82, 2.24) is 4.72 Å². The van der Waals surface area contributed by atoms with Crippen molar-refractivity contribution < 1.29 is 91.8 Å². The number of hydrogen-bond acceptors (Lipinski definition) is 16. The van der Waals surface area contributed by atoms with Crippen LogP contribution in [0.5, 0.6) is 0 Å². The number of aliphatic hydroxyl groups is 4. The first-order valence-corrected chi connectivity index (χ1v) is 13.3. The van der Waals surface area contributed by atoms with E-state index in [4.69, 9.17) is 23.1 Å². The Morgan fingerprint density at radius 3 is 1.89 bits per heavy atom. The van der Waals surface area contributed by atoms with E-state index in [0.29, 0.717) is 0 Å². The number of hydrogen-bond donors (Lipinski definition) is 9. The molecule has 0 radical (unpaired) electrons. The Bertz CT molecular complexity index is 1100. The van der Waals surface area contributed by atoms with Crippen LogP contribution in [-0.4, -0.2) is 138 Å². The molecule has 2 heterocycles. The smallest absolute Gasteiger partial charge is 0.397 e. The summed E-state index contributed by atoms with van der Waals surface area (Å²) in [7, 11) is -15.8. The Balaban J connectivity index is 2.43. The summed E-state index contributed by atoms with van der Waals surface area (Å²) >= 11 is 0. The van der Waals surface area contributed by atoms with Crippen LogP contribution in [0, 0.1) is 0 Å². The van der Waals surface area contributed by atoms with Gasteiger partial charge in [-0.05, 0) is 0 Å². The first-order valence-electron chi connectivity index (χ1n) is 9.14. The van der Waals surface area contributed by atoms with Gasteiger partial charge >= 0.3 is 37.1 Å². The third kappa shape index (κ3) is 8.41. The number of nitrogens with one attached hydrogen (secondary N) is 1. The van der Waals surface area contributed by atoms with Gasteiger partial charge in [-0.15, -0.1) is 0 Å². The Labute approximate surface area is 201 Å². The van der Waals surface area contributed by atoms with E-state index >= 15 is 0 Å². The molecule has 0 aliphatic carbocycles. The zero-order valence-corrected chi connectivity index (χ0v) is 19.6. The maximum atomic E-state index is 11.6. The van der Waals surface area contributed by atoms with Crippen LogP contribution < -0.4 is 4.72 Å². The van der Waals surface area contributed by atoms with Crippen molar-refractivity contribution in [3.05, 3.63) is 0 Å². The highest BCUT2D eigenvalue weighted by atomic mass is 32.3. The summed E-state index contributed by atoms with van der Waals surface area (Å²) in [6.07, 6.45) is -21.0. The lowest BCUT2D eigenvalue weighted by atomic mass is 9.96. The zero-order valence-electron chi connectivity index (χ0n) is 17.2. The fraction of sp³-hybridized carbons (Fsp3) is 0.917. The van der Waals surface area contributed by atoms with Gasteiger partial charge in [0.25, 0.3) is 0 Å². The molecule has 10 atom stereocenters. The van der Waals surface area contributed by atoms with Crippen molar-refractivity contribution in [2.24, 2.45) is 0 Å². The van der Waals surface area contributed by atoms with E-state index in [1.807, 2.05) is 0 Å². The van der Waals surface area contributed by atoms with E-state index < -0.39 is 105 Å². The van der Waals surface area contributed by atoms with Crippen molar-refractivity contribution >= 4 is 37.1 Å². The molecule has 0 aromatic heterocycles. The number of aliphatic carboxylic acids is 1. The summed E-state index contributed by atoms with van der Waals surface area (Å²) in [4.78, 5) is 11.6. The standard InChI is InChI=1S/C12H21NO20S3/c14-4-2(1-29-35(23,24)25)30-12(3(5(4)15)13-34(20,21)22)32-7-6(16)8(33-36(26,27)28)11(19)31-9(7)10(17)18/h2-9,11-16,19H,1H2,(H,17,18)(H,20,21,22)(H,23,24,25)(H,26,27,28). The van der Waals surface area contributed by atoms with E-state index in [-0.39, 0.29) is 0 Å². The van der Waals surface area contributed by atoms with E-state index in [1.165, 1.54) is 4.72 Å². The monoisotopic (exact) mass is 595 g/mol. The first-order chi connectivity index (χ1) is 16.2. The molecule has 24 heteroatoms. The molecule has 10 unspecified atom stereocenters. The van der Waals surface area contributed by atoms with Crippen molar-refractivity contribution in [3.8, 4) is 0 Å². The van der Waals surface area contributed by atoms with Gasteiger partial charge in [-0.2, -0.15) is 30.0 Å². The third-order valence-corrected chi connectivity index (χ3v) is 6.14. The van der Waals surface area contributed by atoms with Gasteiger partial charge in [-0.25, -0.2) is 13.2 Å². The quantitative estimate of drug-likeness (QED) is 0.106. The molecular weight excluding hydrogens is 574 g/mol. The Kier molecular flexibility index (Phi) is 9.71. The molecule has 2 rings (SSSR count). The van der Waals surface area contributed by atoms with E-state index in [0.717, 1.165) is 0 Å². The normalized spacial score (nSPS) is 38.5. The molecular formula is C12H21NO20S3. The third-order valence-electron chi connectivity index (χ3n) is 4.67. The number of aliphatic hydroxyl groups excluding tert-OH is 4. The van der Waals surface area contributed by atoms with Gasteiger partial charge in [0.2, 0.25) is 0 Å². The van der Waals surface area contributed by atoms with Gasteiger partial charge < -0.3 is 39.7 Å². The summed E-state index contributed by atoms with van der Waals surface area (Å²) in [5, 5.41) is 49.9. The van der Waals surface area contributed by atoms with Crippen molar-refractivity contribution in [1.29, 1.82) is 0 Å². The van der Waals surface area contributed by atoms with Crippen molar-refractivity contribution in [3.63, 3.8) is 0 Å². The van der Waals surface area contributed by atoms with Crippen LogP contribution in [-0.2, 0) is 58.5 Å². The molecule has 36 heavy (non-hydrogen) atoms. The second-order valence-corrected chi connectivity index (χ2v) is 10.5. The topological polar surface area (TPSA) is 340 Å². The maximum absolute atomic E-state index is 11.6.